The van der Waals surface area contributed by atoms with E-state index in [0.717, 1.165) is 61.6 Å². The first-order valence-corrected chi connectivity index (χ1v) is 11.0. The van der Waals surface area contributed by atoms with E-state index in [1.54, 1.807) is 14.2 Å². The summed E-state index contributed by atoms with van der Waals surface area (Å²) in [7, 11) is 7.21. The lowest BCUT2D eigenvalue weighted by Crippen LogP contribution is -2.44. The molecule has 1 aromatic heterocycles. The molecule has 1 aliphatic heterocycles. The molecule has 0 radical (unpaired) electrons. The monoisotopic (exact) mass is 428 g/mol. The van der Waals surface area contributed by atoms with Crippen LogP contribution in [0.4, 0.5) is 0 Å². The number of likely N-dealkylation sites (N-methyl/N-ethyl adjacent to an activating group) is 1. The Balaban J connectivity index is 1.59. The molecule has 1 saturated heterocycles. The normalized spacial score (nSPS) is 15.7. The fraction of sp³-hybridized carbons (Fsp3) is 0.542. The van der Waals surface area contributed by atoms with Gasteiger partial charge in [-0.2, -0.15) is 0 Å². The minimum absolute atomic E-state index is 0.215. The highest BCUT2D eigenvalue weighted by Crippen LogP contribution is 2.28. The number of nitrogens with one attached hydrogen (secondary N) is 1. The van der Waals surface area contributed by atoms with Gasteiger partial charge in [-0.25, -0.2) is 0 Å². The first-order valence-electron chi connectivity index (χ1n) is 11.0. The number of hydrogen-bond donors (Lipinski definition) is 1. The Morgan fingerprint density at radius 3 is 2.52 bits per heavy atom. The van der Waals surface area contributed by atoms with E-state index in [2.05, 4.69) is 39.3 Å². The maximum absolute atomic E-state index is 5.97. The molecule has 7 heteroatoms. The number of guanidine groups is 1. The number of ether oxygens (including phenoxy) is 2. The molecule has 1 atom stereocenters. The van der Waals surface area contributed by atoms with Crippen molar-refractivity contribution in [1.82, 2.24) is 15.1 Å². The van der Waals surface area contributed by atoms with E-state index < -0.39 is 0 Å². The van der Waals surface area contributed by atoms with Crippen LogP contribution in [-0.4, -0.2) is 70.3 Å². The highest BCUT2D eigenvalue weighted by atomic mass is 16.5. The second-order valence-electron chi connectivity index (χ2n) is 8.00. The van der Waals surface area contributed by atoms with E-state index in [9.17, 15) is 0 Å². The maximum atomic E-state index is 5.97. The number of aryl methyl sites for hydroxylation is 1. The number of methoxy groups -OCH3 is 2. The number of rotatable bonds is 9. The van der Waals surface area contributed by atoms with Gasteiger partial charge in [0.25, 0.3) is 0 Å². The summed E-state index contributed by atoms with van der Waals surface area (Å²) in [6, 6.07) is 10.4. The summed E-state index contributed by atoms with van der Waals surface area (Å²) in [5, 5.41) is 3.56. The zero-order chi connectivity index (χ0) is 22.2. The molecule has 2 aromatic rings. The van der Waals surface area contributed by atoms with Crippen LogP contribution < -0.4 is 14.8 Å². The van der Waals surface area contributed by atoms with Gasteiger partial charge in [-0.3, -0.25) is 9.89 Å². The van der Waals surface area contributed by atoms with E-state index >= 15 is 0 Å². The third-order valence-electron chi connectivity index (χ3n) is 5.88. The third-order valence-corrected chi connectivity index (χ3v) is 5.88. The van der Waals surface area contributed by atoms with Gasteiger partial charge in [-0.05, 0) is 69.1 Å². The average molecular weight is 429 g/mol. The molecule has 1 aliphatic rings. The number of aliphatic imine (C=N–C) groups is 1. The molecule has 31 heavy (non-hydrogen) atoms. The molecule has 1 unspecified atom stereocenters. The van der Waals surface area contributed by atoms with E-state index in [0.29, 0.717) is 0 Å². The summed E-state index contributed by atoms with van der Waals surface area (Å²) in [6.45, 7) is 5.82. The molecule has 0 saturated carbocycles. The van der Waals surface area contributed by atoms with Crippen LogP contribution in [0.25, 0.3) is 0 Å². The Morgan fingerprint density at radius 1 is 1.16 bits per heavy atom. The molecule has 1 fully saturated rings. The van der Waals surface area contributed by atoms with Gasteiger partial charge in [0.05, 0.1) is 20.3 Å². The molecule has 0 amide bonds. The Labute approximate surface area is 186 Å². The minimum Gasteiger partial charge on any atom is -0.493 e. The van der Waals surface area contributed by atoms with Crippen molar-refractivity contribution in [1.29, 1.82) is 0 Å². The lowest BCUT2D eigenvalue weighted by Gasteiger charge is -2.29. The van der Waals surface area contributed by atoms with E-state index in [1.165, 1.54) is 18.4 Å². The minimum atomic E-state index is 0.215. The van der Waals surface area contributed by atoms with Crippen LogP contribution in [0, 0.1) is 6.92 Å². The topological polar surface area (TPSA) is 62.5 Å². The first kappa shape index (κ1) is 23.0. The number of likely N-dealkylation sites (tertiary alicyclic amines) is 1. The Morgan fingerprint density at radius 2 is 1.90 bits per heavy atom. The van der Waals surface area contributed by atoms with Gasteiger partial charge >= 0.3 is 0 Å². The number of hydrogen-bond acceptors (Lipinski definition) is 5. The Kier molecular flexibility index (Phi) is 8.23. The quantitative estimate of drug-likeness (QED) is 0.487. The van der Waals surface area contributed by atoms with Gasteiger partial charge in [0, 0.05) is 27.2 Å². The lowest BCUT2D eigenvalue weighted by molar-refractivity contribution is 0.212. The molecule has 7 nitrogen and oxygen atoms in total. The van der Waals surface area contributed by atoms with Crippen LogP contribution in [-0.2, 0) is 6.42 Å². The summed E-state index contributed by atoms with van der Waals surface area (Å²) in [5.41, 5.74) is 1.20. The summed E-state index contributed by atoms with van der Waals surface area (Å²) in [5.74, 6) is 4.37. The first-order chi connectivity index (χ1) is 15.0. The van der Waals surface area contributed by atoms with Crippen LogP contribution in [0.2, 0.25) is 0 Å². The largest absolute Gasteiger partial charge is 0.493 e. The summed E-state index contributed by atoms with van der Waals surface area (Å²) in [6.07, 6.45) is 3.37. The molecule has 1 aromatic carbocycles. The van der Waals surface area contributed by atoms with Crippen LogP contribution >= 0.6 is 0 Å². The van der Waals surface area contributed by atoms with Gasteiger partial charge in [-0.1, -0.05) is 6.07 Å². The second kappa shape index (κ2) is 11.1. The molecular formula is C24H36N4O3. The van der Waals surface area contributed by atoms with Crippen molar-refractivity contribution in [3.63, 3.8) is 0 Å². The van der Waals surface area contributed by atoms with Crippen molar-refractivity contribution in [2.45, 2.75) is 32.2 Å². The molecule has 0 aliphatic carbocycles. The molecule has 3 rings (SSSR count). The summed E-state index contributed by atoms with van der Waals surface area (Å²) in [4.78, 5) is 9.16. The Bertz CT molecular complexity index is 858. The van der Waals surface area contributed by atoms with Crippen molar-refractivity contribution >= 4 is 5.96 Å². The smallest absolute Gasteiger partial charge is 0.193 e. The summed E-state index contributed by atoms with van der Waals surface area (Å²) < 4.78 is 16.7. The Hall–Kier alpha value is -2.67. The second-order valence-corrected chi connectivity index (χ2v) is 8.00. The predicted molar refractivity (Wildman–Crippen MR) is 124 cm³/mol. The fourth-order valence-electron chi connectivity index (χ4n) is 4.11. The van der Waals surface area contributed by atoms with Gasteiger partial charge in [0.1, 0.15) is 11.5 Å². The van der Waals surface area contributed by atoms with Crippen LogP contribution in [0.5, 0.6) is 11.5 Å². The lowest BCUT2D eigenvalue weighted by atomic mass is 10.1. The molecule has 0 bridgehead atoms. The number of benzene rings is 1. The highest BCUT2D eigenvalue weighted by molar-refractivity contribution is 5.79. The number of furan rings is 1. The van der Waals surface area contributed by atoms with Crippen LogP contribution in [0.1, 0.15) is 36.0 Å². The van der Waals surface area contributed by atoms with E-state index in [4.69, 9.17) is 13.9 Å². The van der Waals surface area contributed by atoms with Crippen molar-refractivity contribution in [2.75, 3.05) is 54.5 Å². The van der Waals surface area contributed by atoms with Gasteiger partial charge in [0.2, 0.25) is 0 Å². The SMILES string of the molecule is CN=C(NCC(c1ccc(C)o1)N1CCCC1)N(C)CCc1ccc(OC)c(OC)c1. The van der Waals surface area contributed by atoms with E-state index in [-0.39, 0.29) is 6.04 Å². The zero-order valence-corrected chi connectivity index (χ0v) is 19.5. The fourth-order valence-corrected chi connectivity index (χ4v) is 4.11. The van der Waals surface area contributed by atoms with Crippen LogP contribution in [0.15, 0.2) is 39.7 Å². The third kappa shape index (κ3) is 5.94. The van der Waals surface area contributed by atoms with Crippen molar-refractivity contribution in [3.05, 3.63) is 47.4 Å². The van der Waals surface area contributed by atoms with Crippen molar-refractivity contribution < 1.29 is 13.9 Å². The standard InChI is InChI=1S/C24H36N4O3/c1-18-8-10-21(31-18)20(28-13-6-7-14-28)17-26-24(25-2)27(3)15-12-19-9-11-22(29-4)23(16-19)30-5/h8-11,16,20H,6-7,12-15,17H2,1-5H3,(H,25,26). The predicted octanol–water partition coefficient (Wildman–Crippen LogP) is 3.49. The molecule has 170 valence electrons. The molecule has 2 heterocycles. The van der Waals surface area contributed by atoms with Gasteiger partial charge < -0.3 is 24.1 Å². The average Bonchev–Trinajstić information content (AvgIpc) is 3.47. The van der Waals surface area contributed by atoms with Gasteiger partial charge in [-0.15, -0.1) is 0 Å². The molecule has 1 N–H and O–H groups in total. The molecule has 0 spiro atoms. The van der Waals surface area contributed by atoms with Crippen molar-refractivity contribution in [3.8, 4) is 11.5 Å². The molecular weight excluding hydrogens is 392 g/mol. The number of nitrogens with zero attached hydrogens (tertiary/aromatic N) is 3. The maximum Gasteiger partial charge on any atom is 0.193 e. The zero-order valence-electron chi connectivity index (χ0n) is 19.5. The van der Waals surface area contributed by atoms with Crippen molar-refractivity contribution in [2.24, 2.45) is 4.99 Å². The summed E-state index contributed by atoms with van der Waals surface area (Å²) >= 11 is 0. The van der Waals surface area contributed by atoms with E-state index in [1.807, 2.05) is 32.2 Å². The van der Waals surface area contributed by atoms with Crippen LogP contribution in [0.3, 0.4) is 0 Å². The van der Waals surface area contributed by atoms with Gasteiger partial charge in [0.15, 0.2) is 17.5 Å². The highest BCUT2D eigenvalue weighted by Gasteiger charge is 2.26.